The molecule has 1 amide bonds. The van der Waals surface area contributed by atoms with E-state index in [1.807, 2.05) is 38.1 Å². The van der Waals surface area contributed by atoms with Crippen LogP contribution in [0.1, 0.15) is 38.7 Å². The fourth-order valence-corrected chi connectivity index (χ4v) is 2.54. The van der Waals surface area contributed by atoms with Gasteiger partial charge in [-0.2, -0.15) is 0 Å². The van der Waals surface area contributed by atoms with Crippen LogP contribution >= 0.6 is 0 Å². The molecule has 20 heavy (non-hydrogen) atoms. The Morgan fingerprint density at radius 1 is 1.45 bits per heavy atom. The number of nitrogens with one attached hydrogen (secondary N) is 2. The van der Waals surface area contributed by atoms with Gasteiger partial charge < -0.3 is 15.4 Å². The van der Waals surface area contributed by atoms with Gasteiger partial charge in [0.1, 0.15) is 5.75 Å². The Kier molecular flexibility index (Phi) is 5.01. The average molecular weight is 276 g/mol. The molecule has 110 valence electrons. The number of benzene rings is 1. The topological polar surface area (TPSA) is 50.4 Å². The Labute approximate surface area is 120 Å². The largest absolute Gasteiger partial charge is 0.494 e. The van der Waals surface area contributed by atoms with Crippen LogP contribution in [0.3, 0.4) is 0 Å². The van der Waals surface area contributed by atoms with Gasteiger partial charge in [0.15, 0.2) is 0 Å². The molecule has 0 aromatic heterocycles. The predicted molar refractivity (Wildman–Crippen MR) is 79.7 cm³/mol. The Morgan fingerprint density at radius 2 is 2.30 bits per heavy atom. The van der Waals surface area contributed by atoms with E-state index in [-0.39, 0.29) is 5.91 Å². The van der Waals surface area contributed by atoms with Gasteiger partial charge >= 0.3 is 0 Å². The zero-order valence-corrected chi connectivity index (χ0v) is 12.4. The lowest BCUT2D eigenvalue weighted by Crippen LogP contribution is -2.56. The quantitative estimate of drug-likeness (QED) is 0.867. The van der Waals surface area contributed by atoms with E-state index in [1.54, 1.807) is 0 Å². The monoisotopic (exact) mass is 276 g/mol. The molecular formula is C16H24N2O2. The van der Waals surface area contributed by atoms with Gasteiger partial charge in [-0.25, -0.2) is 0 Å². The highest BCUT2D eigenvalue weighted by Gasteiger charge is 2.33. The third-order valence-electron chi connectivity index (χ3n) is 3.78. The summed E-state index contributed by atoms with van der Waals surface area (Å²) in [6.07, 6.45) is 3.16. The lowest BCUT2D eigenvalue weighted by atomic mass is 9.90. The second-order valence-electron chi connectivity index (χ2n) is 5.48. The first kappa shape index (κ1) is 14.9. The molecule has 4 nitrogen and oxygen atoms in total. The molecule has 1 saturated heterocycles. The standard InChI is InChI=1S/C16H24N2O2/c1-3-20-14-8-6-7-13(11-14)12-17-15(19)16(2)9-4-5-10-18-16/h6-8,11,18H,3-5,9-10,12H2,1-2H3,(H,17,19). The fraction of sp³-hybridized carbons (Fsp3) is 0.562. The van der Waals surface area contributed by atoms with Gasteiger partial charge in [-0.3, -0.25) is 4.79 Å². The van der Waals surface area contributed by atoms with Crippen molar-refractivity contribution in [2.24, 2.45) is 0 Å². The molecule has 2 rings (SSSR count). The van der Waals surface area contributed by atoms with Crippen molar-refractivity contribution in [2.75, 3.05) is 13.2 Å². The van der Waals surface area contributed by atoms with Gasteiger partial charge in [0.25, 0.3) is 0 Å². The summed E-state index contributed by atoms with van der Waals surface area (Å²) < 4.78 is 5.46. The maximum atomic E-state index is 12.3. The van der Waals surface area contributed by atoms with Crippen molar-refractivity contribution >= 4 is 5.91 Å². The van der Waals surface area contributed by atoms with Gasteiger partial charge in [-0.1, -0.05) is 12.1 Å². The zero-order valence-electron chi connectivity index (χ0n) is 12.4. The fourth-order valence-electron chi connectivity index (χ4n) is 2.54. The normalized spacial score (nSPS) is 22.3. The average Bonchev–Trinajstić information content (AvgIpc) is 2.46. The van der Waals surface area contributed by atoms with Gasteiger partial charge in [0.2, 0.25) is 5.91 Å². The van der Waals surface area contributed by atoms with Crippen LogP contribution in [0.15, 0.2) is 24.3 Å². The predicted octanol–water partition coefficient (Wildman–Crippen LogP) is 2.23. The van der Waals surface area contributed by atoms with Gasteiger partial charge in [-0.15, -0.1) is 0 Å². The molecule has 1 aliphatic heterocycles. The van der Waals surface area contributed by atoms with Gasteiger partial charge in [-0.05, 0) is 57.4 Å². The van der Waals surface area contributed by atoms with E-state index >= 15 is 0 Å². The molecule has 1 heterocycles. The Bertz CT molecular complexity index is 454. The maximum absolute atomic E-state index is 12.3. The van der Waals surface area contributed by atoms with E-state index in [0.717, 1.165) is 37.1 Å². The van der Waals surface area contributed by atoms with Crippen molar-refractivity contribution < 1.29 is 9.53 Å². The summed E-state index contributed by atoms with van der Waals surface area (Å²) in [6.45, 7) is 6.06. The minimum Gasteiger partial charge on any atom is -0.494 e. The highest BCUT2D eigenvalue weighted by Crippen LogP contribution is 2.19. The van der Waals surface area contributed by atoms with E-state index in [0.29, 0.717) is 13.2 Å². The Hall–Kier alpha value is -1.55. The molecule has 2 N–H and O–H groups in total. The summed E-state index contributed by atoms with van der Waals surface area (Å²) in [5.41, 5.74) is 0.638. The number of ether oxygens (including phenoxy) is 1. The first-order valence-electron chi connectivity index (χ1n) is 7.39. The summed E-state index contributed by atoms with van der Waals surface area (Å²) in [5, 5.41) is 6.35. The number of hydrogen-bond donors (Lipinski definition) is 2. The third kappa shape index (κ3) is 3.73. The molecule has 0 bridgehead atoms. The summed E-state index contributed by atoms with van der Waals surface area (Å²) in [5.74, 6) is 0.931. The van der Waals surface area contributed by atoms with Gasteiger partial charge in [0, 0.05) is 6.54 Å². The number of carbonyl (C=O) groups excluding carboxylic acids is 1. The van der Waals surface area contributed by atoms with Crippen LogP contribution in [0.25, 0.3) is 0 Å². The molecule has 1 aromatic rings. The summed E-state index contributed by atoms with van der Waals surface area (Å²) in [7, 11) is 0. The number of carbonyl (C=O) groups is 1. The number of hydrogen-bond acceptors (Lipinski definition) is 3. The summed E-state index contributed by atoms with van der Waals surface area (Å²) in [4.78, 5) is 12.3. The minimum absolute atomic E-state index is 0.0824. The molecule has 1 aliphatic rings. The van der Waals surface area contributed by atoms with Crippen LogP contribution in [-0.4, -0.2) is 24.6 Å². The van der Waals surface area contributed by atoms with Crippen LogP contribution < -0.4 is 15.4 Å². The maximum Gasteiger partial charge on any atom is 0.240 e. The first-order valence-corrected chi connectivity index (χ1v) is 7.39. The van der Waals surface area contributed by atoms with Crippen molar-refractivity contribution in [1.29, 1.82) is 0 Å². The van der Waals surface area contributed by atoms with Crippen molar-refractivity contribution in [3.05, 3.63) is 29.8 Å². The van der Waals surface area contributed by atoms with Crippen LogP contribution in [0.5, 0.6) is 5.75 Å². The van der Waals surface area contributed by atoms with E-state index < -0.39 is 5.54 Å². The van der Waals surface area contributed by atoms with Crippen LogP contribution in [0, 0.1) is 0 Å². The highest BCUT2D eigenvalue weighted by atomic mass is 16.5. The number of rotatable bonds is 5. The molecule has 1 atom stereocenters. The molecule has 0 aliphatic carbocycles. The molecule has 1 unspecified atom stereocenters. The van der Waals surface area contributed by atoms with Crippen molar-refractivity contribution in [3.8, 4) is 5.75 Å². The molecule has 0 spiro atoms. The zero-order chi connectivity index (χ0) is 14.4. The molecule has 0 radical (unpaired) electrons. The SMILES string of the molecule is CCOc1cccc(CNC(=O)C2(C)CCCCN2)c1. The van der Waals surface area contributed by atoms with Crippen LogP contribution in [0.4, 0.5) is 0 Å². The van der Waals surface area contributed by atoms with E-state index in [4.69, 9.17) is 4.74 Å². The van der Waals surface area contributed by atoms with Crippen LogP contribution in [-0.2, 0) is 11.3 Å². The van der Waals surface area contributed by atoms with E-state index in [2.05, 4.69) is 10.6 Å². The first-order chi connectivity index (χ1) is 9.64. The smallest absolute Gasteiger partial charge is 0.240 e. The van der Waals surface area contributed by atoms with Crippen molar-refractivity contribution in [1.82, 2.24) is 10.6 Å². The third-order valence-corrected chi connectivity index (χ3v) is 3.78. The van der Waals surface area contributed by atoms with E-state index in [9.17, 15) is 4.79 Å². The molecule has 1 fully saturated rings. The molecule has 1 aromatic carbocycles. The second-order valence-corrected chi connectivity index (χ2v) is 5.48. The molecule has 0 saturated carbocycles. The summed E-state index contributed by atoms with van der Waals surface area (Å²) >= 11 is 0. The van der Waals surface area contributed by atoms with Gasteiger partial charge in [0.05, 0.1) is 12.1 Å². The number of piperidine rings is 1. The molecule has 4 heteroatoms. The van der Waals surface area contributed by atoms with Crippen LogP contribution in [0.2, 0.25) is 0 Å². The lowest BCUT2D eigenvalue weighted by Gasteiger charge is -2.33. The van der Waals surface area contributed by atoms with E-state index in [1.165, 1.54) is 0 Å². The summed E-state index contributed by atoms with van der Waals surface area (Å²) in [6, 6.07) is 7.85. The Morgan fingerprint density at radius 3 is 3.00 bits per heavy atom. The molecular weight excluding hydrogens is 252 g/mol. The number of amides is 1. The minimum atomic E-state index is -0.421. The highest BCUT2D eigenvalue weighted by molar-refractivity contribution is 5.85. The van der Waals surface area contributed by atoms with Crippen molar-refractivity contribution in [2.45, 2.75) is 45.2 Å². The second kappa shape index (κ2) is 6.75. The lowest BCUT2D eigenvalue weighted by molar-refractivity contribution is -0.128. The van der Waals surface area contributed by atoms with Crippen molar-refractivity contribution in [3.63, 3.8) is 0 Å². The Balaban J connectivity index is 1.91.